The first-order valence-corrected chi connectivity index (χ1v) is 11.8. The minimum atomic E-state index is -3.48. The molecule has 148 valence electrons. The summed E-state index contributed by atoms with van der Waals surface area (Å²) >= 11 is 2.20. The fourth-order valence-corrected chi connectivity index (χ4v) is 4.98. The number of nitrogens with one attached hydrogen (secondary N) is 1. The van der Waals surface area contributed by atoms with Gasteiger partial charge in [0, 0.05) is 21.4 Å². The third kappa shape index (κ3) is 8.57. The van der Waals surface area contributed by atoms with Gasteiger partial charge in [-0.05, 0) is 84.4 Å². The van der Waals surface area contributed by atoms with Crippen molar-refractivity contribution in [1.82, 2.24) is 4.72 Å². The van der Waals surface area contributed by atoms with Gasteiger partial charge in [-0.15, -0.1) is 0 Å². The Balaban J connectivity index is 1.85. The summed E-state index contributed by atoms with van der Waals surface area (Å²) in [6.07, 6.45) is 10.9. The molecule has 2 rings (SSSR count). The Labute approximate surface area is 175 Å². The Morgan fingerprint density at radius 3 is 2.85 bits per heavy atom. The number of benzene rings is 1. The highest BCUT2D eigenvalue weighted by atomic mass is 127. The molecule has 1 fully saturated rings. The molecule has 2 unspecified atom stereocenters. The second-order valence-electron chi connectivity index (χ2n) is 6.81. The number of carbonyl (C=O) groups is 1. The van der Waals surface area contributed by atoms with Gasteiger partial charge in [-0.1, -0.05) is 30.7 Å². The van der Waals surface area contributed by atoms with E-state index in [0.717, 1.165) is 41.2 Å². The van der Waals surface area contributed by atoms with Crippen LogP contribution < -0.4 is 4.72 Å². The summed E-state index contributed by atoms with van der Waals surface area (Å²) < 4.78 is 28.7. The summed E-state index contributed by atoms with van der Waals surface area (Å²) in [5.74, 6) is -0.478. The minimum absolute atomic E-state index is 0.0424. The molecule has 2 atom stereocenters. The first kappa shape index (κ1) is 22.1. The van der Waals surface area contributed by atoms with Gasteiger partial charge in [-0.25, -0.2) is 13.1 Å². The van der Waals surface area contributed by atoms with Gasteiger partial charge in [0.2, 0.25) is 10.0 Å². The Hall–Kier alpha value is -1.19. The molecule has 1 aliphatic rings. The molecule has 7 heteroatoms. The van der Waals surface area contributed by atoms with Crippen molar-refractivity contribution < 1.29 is 18.3 Å². The lowest BCUT2D eigenvalue weighted by Crippen LogP contribution is -2.36. The van der Waals surface area contributed by atoms with Crippen LogP contribution in [0, 0.1) is 9.49 Å². The molecular weight excluding hydrogens is 477 g/mol. The van der Waals surface area contributed by atoms with Crippen LogP contribution in [0.1, 0.15) is 50.5 Å². The predicted molar refractivity (Wildman–Crippen MR) is 117 cm³/mol. The van der Waals surface area contributed by atoms with E-state index < -0.39 is 16.0 Å². The van der Waals surface area contributed by atoms with Gasteiger partial charge in [0.25, 0.3) is 0 Å². The number of halogens is 1. The Kier molecular flexibility index (Phi) is 8.98. The van der Waals surface area contributed by atoms with E-state index in [1.54, 1.807) is 6.08 Å². The molecular formula is C20H26INO4S. The number of hydrogen-bond acceptors (Lipinski definition) is 3. The molecule has 5 nitrogen and oxygen atoms in total. The van der Waals surface area contributed by atoms with Crippen LogP contribution >= 0.6 is 22.6 Å². The molecule has 0 bridgehead atoms. The standard InChI is InChI=1S/C20H26INO4S/c21-18-10-5-7-16(15-18)13-14-27(25,26)22-19-11-6-9-17(19)8-3-1-2-4-12-20(23)24/h1,3,5,7,10,13-15,17,19,22H,2,4,6,8-9,11-12H2,(H,23,24)/b3-1+,14-13+. The second-order valence-corrected chi connectivity index (χ2v) is 9.65. The molecule has 0 saturated heterocycles. The average Bonchev–Trinajstić information content (AvgIpc) is 3.02. The molecule has 1 aliphatic carbocycles. The number of hydrogen-bond donors (Lipinski definition) is 2. The predicted octanol–water partition coefficient (Wildman–Crippen LogP) is 4.55. The molecule has 27 heavy (non-hydrogen) atoms. The molecule has 0 spiro atoms. The van der Waals surface area contributed by atoms with Crippen molar-refractivity contribution in [3.63, 3.8) is 0 Å². The maximum absolute atomic E-state index is 12.4. The van der Waals surface area contributed by atoms with Crippen molar-refractivity contribution in [2.75, 3.05) is 0 Å². The Bertz CT molecular complexity index is 789. The van der Waals surface area contributed by atoms with Gasteiger partial charge in [-0.2, -0.15) is 0 Å². The van der Waals surface area contributed by atoms with Gasteiger partial charge in [0.1, 0.15) is 0 Å². The van der Waals surface area contributed by atoms with E-state index in [2.05, 4.69) is 33.4 Å². The zero-order chi connectivity index (χ0) is 19.7. The molecule has 1 saturated carbocycles. The number of unbranched alkanes of at least 4 members (excludes halogenated alkanes) is 1. The van der Waals surface area contributed by atoms with E-state index in [1.807, 2.05) is 30.3 Å². The first-order valence-electron chi connectivity index (χ1n) is 9.18. The summed E-state index contributed by atoms with van der Waals surface area (Å²) in [5, 5.41) is 9.87. The lowest BCUT2D eigenvalue weighted by atomic mass is 10.00. The van der Waals surface area contributed by atoms with Crippen molar-refractivity contribution in [3.05, 3.63) is 51.0 Å². The first-order chi connectivity index (χ1) is 12.9. The third-order valence-corrected chi connectivity index (χ3v) is 6.43. The Morgan fingerprint density at radius 2 is 2.11 bits per heavy atom. The molecule has 0 aromatic heterocycles. The van der Waals surface area contributed by atoms with E-state index in [1.165, 1.54) is 5.41 Å². The molecule has 1 aromatic carbocycles. The molecule has 0 heterocycles. The smallest absolute Gasteiger partial charge is 0.303 e. The van der Waals surface area contributed by atoms with Crippen LogP contribution in [0.15, 0.2) is 41.8 Å². The van der Waals surface area contributed by atoms with E-state index in [4.69, 9.17) is 5.11 Å². The van der Waals surface area contributed by atoms with Crippen molar-refractivity contribution in [1.29, 1.82) is 0 Å². The molecule has 1 aromatic rings. The van der Waals surface area contributed by atoms with Gasteiger partial charge < -0.3 is 5.11 Å². The zero-order valence-electron chi connectivity index (χ0n) is 15.2. The van der Waals surface area contributed by atoms with E-state index in [0.29, 0.717) is 12.3 Å². The van der Waals surface area contributed by atoms with Crippen LogP contribution in [0.3, 0.4) is 0 Å². The normalized spacial score (nSPS) is 20.6. The van der Waals surface area contributed by atoms with Crippen LogP contribution in [-0.2, 0) is 14.8 Å². The van der Waals surface area contributed by atoms with Crippen LogP contribution in [-0.4, -0.2) is 25.5 Å². The fourth-order valence-electron chi connectivity index (χ4n) is 3.26. The van der Waals surface area contributed by atoms with E-state index in [-0.39, 0.29) is 12.5 Å². The number of rotatable bonds is 10. The van der Waals surface area contributed by atoms with Crippen LogP contribution in [0.2, 0.25) is 0 Å². The summed E-state index contributed by atoms with van der Waals surface area (Å²) in [5.41, 5.74) is 0.861. The molecule has 0 aliphatic heterocycles. The molecule has 0 amide bonds. The summed E-state index contributed by atoms with van der Waals surface area (Å²) in [6, 6.07) is 7.63. The highest BCUT2D eigenvalue weighted by molar-refractivity contribution is 14.1. The largest absolute Gasteiger partial charge is 0.481 e. The topological polar surface area (TPSA) is 83.5 Å². The zero-order valence-corrected chi connectivity index (χ0v) is 18.2. The van der Waals surface area contributed by atoms with Crippen molar-refractivity contribution in [2.45, 2.75) is 51.0 Å². The average molecular weight is 503 g/mol. The minimum Gasteiger partial charge on any atom is -0.481 e. The SMILES string of the molecule is O=C(O)CCC/C=C/CC1CCCC1NS(=O)(=O)/C=C/c1cccc(I)c1. The Morgan fingerprint density at radius 1 is 1.30 bits per heavy atom. The third-order valence-electron chi connectivity index (χ3n) is 4.63. The summed E-state index contributed by atoms with van der Waals surface area (Å²) in [4.78, 5) is 10.5. The van der Waals surface area contributed by atoms with Gasteiger partial charge in [0.05, 0.1) is 0 Å². The molecule has 0 radical (unpaired) electrons. The number of carboxylic acids is 1. The van der Waals surface area contributed by atoms with E-state index >= 15 is 0 Å². The quantitative estimate of drug-likeness (QED) is 0.279. The van der Waals surface area contributed by atoms with E-state index in [9.17, 15) is 13.2 Å². The lowest BCUT2D eigenvalue weighted by molar-refractivity contribution is -0.137. The summed E-state index contributed by atoms with van der Waals surface area (Å²) in [7, 11) is -3.48. The van der Waals surface area contributed by atoms with Crippen molar-refractivity contribution >= 4 is 44.7 Å². The van der Waals surface area contributed by atoms with Crippen molar-refractivity contribution in [3.8, 4) is 0 Å². The number of allylic oxidation sites excluding steroid dienone is 2. The van der Waals surface area contributed by atoms with Gasteiger partial charge in [0.15, 0.2) is 0 Å². The highest BCUT2D eigenvalue weighted by Gasteiger charge is 2.28. The molecule has 2 N–H and O–H groups in total. The maximum Gasteiger partial charge on any atom is 0.303 e. The summed E-state index contributed by atoms with van der Waals surface area (Å²) in [6.45, 7) is 0. The maximum atomic E-state index is 12.4. The lowest BCUT2D eigenvalue weighted by Gasteiger charge is -2.18. The highest BCUT2D eigenvalue weighted by Crippen LogP contribution is 2.29. The fraction of sp³-hybridized carbons (Fsp3) is 0.450. The number of aliphatic carboxylic acids is 1. The van der Waals surface area contributed by atoms with Crippen molar-refractivity contribution in [2.24, 2.45) is 5.92 Å². The van der Waals surface area contributed by atoms with Crippen LogP contribution in [0.25, 0.3) is 6.08 Å². The number of sulfonamides is 1. The van der Waals surface area contributed by atoms with Gasteiger partial charge in [-0.3, -0.25) is 4.79 Å². The van der Waals surface area contributed by atoms with Crippen LogP contribution in [0.4, 0.5) is 0 Å². The monoisotopic (exact) mass is 503 g/mol. The number of carboxylic acid groups (broad SMARTS) is 1. The van der Waals surface area contributed by atoms with Crippen LogP contribution in [0.5, 0.6) is 0 Å². The second kappa shape index (κ2) is 11.0. The van der Waals surface area contributed by atoms with Gasteiger partial charge >= 0.3 is 5.97 Å².